The van der Waals surface area contributed by atoms with E-state index in [1.165, 1.54) is 6.07 Å². The molecule has 1 aliphatic heterocycles. The molecule has 1 atom stereocenters. The van der Waals surface area contributed by atoms with Crippen molar-refractivity contribution >= 4 is 11.7 Å². The normalized spacial score (nSPS) is 17.9. The van der Waals surface area contributed by atoms with Gasteiger partial charge in [-0.1, -0.05) is 37.1 Å². The molecule has 0 aliphatic carbocycles. The zero-order valence-corrected chi connectivity index (χ0v) is 14.9. The Bertz CT molecular complexity index is 759. The van der Waals surface area contributed by atoms with Crippen molar-refractivity contribution in [1.29, 1.82) is 0 Å². The summed E-state index contributed by atoms with van der Waals surface area (Å²) >= 11 is 0. The third kappa shape index (κ3) is 4.19. The minimum absolute atomic E-state index is 0.0803. The fourth-order valence-electron chi connectivity index (χ4n) is 3.47. The number of nitrogens with one attached hydrogen (secondary N) is 1. The fraction of sp³-hybridized carbons (Fsp3) is 0.381. The molecule has 4 heteroatoms. The van der Waals surface area contributed by atoms with Crippen molar-refractivity contribution in [3.05, 3.63) is 65.0 Å². The van der Waals surface area contributed by atoms with Crippen molar-refractivity contribution in [1.82, 2.24) is 4.90 Å². The molecule has 0 saturated carbocycles. The lowest BCUT2D eigenvalue weighted by Crippen LogP contribution is -2.38. The number of anilines is 1. The Morgan fingerprint density at radius 3 is 2.76 bits per heavy atom. The molecule has 132 valence electrons. The van der Waals surface area contributed by atoms with E-state index < -0.39 is 0 Å². The number of aryl methyl sites for hydroxylation is 2. The number of hydrogen-bond acceptors (Lipinski definition) is 1. The van der Waals surface area contributed by atoms with Crippen molar-refractivity contribution in [2.45, 2.75) is 45.6 Å². The molecule has 0 radical (unpaired) electrons. The van der Waals surface area contributed by atoms with Crippen LogP contribution in [0.2, 0.25) is 0 Å². The zero-order chi connectivity index (χ0) is 17.8. The number of carbonyl (C=O) groups excluding carboxylic acids is 1. The van der Waals surface area contributed by atoms with Crippen LogP contribution in [0.25, 0.3) is 0 Å². The molecule has 1 fully saturated rings. The summed E-state index contributed by atoms with van der Waals surface area (Å²) in [5.74, 6) is -0.253. The van der Waals surface area contributed by atoms with E-state index in [2.05, 4.69) is 5.32 Å². The molecule has 2 aromatic rings. The second-order valence-electron chi connectivity index (χ2n) is 6.86. The Kier molecular flexibility index (Phi) is 5.37. The van der Waals surface area contributed by atoms with E-state index in [0.29, 0.717) is 6.54 Å². The van der Waals surface area contributed by atoms with Crippen LogP contribution in [0.15, 0.2) is 42.5 Å². The fourth-order valence-corrected chi connectivity index (χ4v) is 3.47. The number of benzene rings is 2. The molecule has 0 bridgehead atoms. The molecule has 3 nitrogen and oxygen atoms in total. The monoisotopic (exact) mass is 340 g/mol. The average molecular weight is 340 g/mol. The molecule has 1 saturated heterocycles. The van der Waals surface area contributed by atoms with Crippen molar-refractivity contribution < 1.29 is 9.18 Å². The lowest BCUT2D eigenvalue weighted by molar-refractivity contribution is 0.189. The Hall–Kier alpha value is -2.36. The third-order valence-electron chi connectivity index (χ3n) is 4.88. The first-order chi connectivity index (χ1) is 12.0. The maximum Gasteiger partial charge on any atom is 0.322 e. The van der Waals surface area contributed by atoms with Crippen molar-refractivity contribution in [3.63, 3.8) is 0 Å². The number of nitrogens with zero attached hydrogens (tertiary/aromatic N) is 1. The van der Waals surface area contributed by atoms with Gasteiger partial charge in [-0.3, -0.25) is 0 Å². The third-order valence-corrected chi connectivity index (χ3v) is 4.88. The van der Waals surface area contributed by atoms with Gasteiger partial charge < -0.3 is 10.2 Å². The maximum absolute atomic E-state index is 13.7. The van der Waals surface area contributed by atoms with Gasteiger partial charge in [0.2, 0.25) is 0 Å². The van der Waals surface area contributed by atoms with Crippen LogP contribution in [0.3, 0.4) is 0 Å². The minimum Gasteiger partial charge on any atom is -0.317 e. The molecule has 0 aromatic heterocycles. The SMILES string of the molecule is Cc1ccc(C)c(NC(=O)N2CCCCC[C@@H]2c2cccc(F)c2)c1. The lowest BCUT2D eigenvalue weighted by Gasteiger charge is -2.31. The Labute approximate surface area is 148 Å². The van der Waals surface area contributed by atoms with Crippen molar-refractivity contribution in [2.24, 2.45) is 0 Å². The van der Waals surface area contributed by atoms with Crippen LogP contribution in [-0.4, -0.2) is 17.5 Å². The van der Waals surface area contributed by atoms with E-state index in [4.69, 9.17) is 0 Å². The van der Waals surface area contributed by atoms with Gasteiger partial charge in [0.25, 0.3) is 0 Å². The van der Waals surface area contributed by atoms with Crippen LogP contribution in [0.5, 0.6) is 0 Å². The second kappa shape index (κ2) is 7.68. The van der Waals surface area contributed by atoms with Gasteiger partial charge in [0.15, 0.2) is 0 Å². The van der Waals surface area contributed by atoms with Crippen LogP contribution in [0.1, 0.15) is 48.4 Å². The van der Waals surface area contributed by atoms with Gasteiger partial charge in [0, 0.05) is 12.2 Å². The molecule has 1 aliphatic rings. The van der Waals surface area contributed by atoms with Gasteiger partial charge in [0.1, 0.15) is 5.82 Å². The zero-order valence-electron chi connectivity index (χ0n) is 14.9. The number of likely N-dealkylation sites (tertiary alicyclic amines) is 1. The van der Waals surface area contributed by atoms with E-state index in [9.17, 15) is 9.18 Å². The summed E-state index contributed by atoms with van der Waals surface area (Å²) in [6.45, 7) is 4.69. The number of carbonyl (C=O) groups is 1. The highest BCUT2D eigenvalue weighted by Crippen LogP contribution is 2.31. The van der Waals surface area contributed by atoms with Crippen molar-refractivity contribution in [3.8, 4) is 0 Å². The summed E-state index contributed by atoms with van der Waals surface area (Å²) in [5, 5.41) is 3.06. The number of rotatable bonds is 2. The summed E-state index contributed by atoms with van der Waals surface area (Å²) in [6, 6.07) is 12.5. The molecule has 3 rings (SSSR count). The van der Waals surface area contributed by atoms with E-state index >= 15 is 0 Å². The molecule has 2 aromatic carbocycles. The molecule has 0 unspecified atom stereocenters. The van der Waals surface area contributed by atoms with E-state index in [1.54, 1.807) is 12.1 Å². The van der Waals surface area contributed by atoms with Crippen LogP contribution < -0.4 is 5.32 Å². The van der Waals surface area contributed by atoms with E-state index in [-0.39, 0.29) is 17.9 Å². The highest BCUT2D eigenvalue weighted by Gasteiger charge is 2.27. The second-order valence-corrected chi connectivity index (χ2v) is 6.86. The predicted molar refractivity (Wildman–Crippen MR) is 99.2 cm³/mol. The van der Waals surface area contributed by atoms with Gasteiger partial charge >= 0.3 is 6.03 Å². The summed E-state index contributed by atoms with van der Waals surface area (Å²) in [5.41, 5.74) is 3.86. The Morgan fingerprint density at radius 2 is 1.96 bits per heavy atom. The summed E-state index contributed by atoms with van der Waals surface area (Å²) in [4.78, 5) is 14.8. The Balaban J connectivity index is 1.85. The lowest BCUT2D eigenvalue weighted by atomic mass is 10.0. The summed E-state index contributed by atoms with van der Waals surface area (Å²) in [7, 11) is 0. The molecule has 2 amide bonds. The van der Waals surface area contributed by atoms with Gasteiger partial charge in [-0.2, -0.15) is 0 Å². The first kappa shape index (κ1) is 17.5. The van der Waals surface area contributed by atoms with Crippen LogP contribution in [-0.2, 0) is 0 Å². The van der Waals surface area contributed by atoms with E-state index in [0.717, 1.165) is 48.1 Å². The number of halogens is 1. The first-order valence-electron chi connectivity index (χ1n) is 8.95. The van der Waals surface area contributed by atoms with Gasteiger partial charge in [-0.15, -0.1) is 0 Å². The maximum atomic E-state index is 13.7. The average Bonchev–Trinajstić information content (AvgIpc) is 2.84. The number of amides is 2. The predicted octanol–water partition coefficient (Wildman–Crippen LogP) is 5.59. The highest BCUT2D eigenvalue weighted by atomic mass is 19.1. The summed E-state index contributed by atoms with van der Waals surface area (Å²) in [6.07, 6.45) is 3.99. The molecule has 1 N–H and O–H groups in total. The highest BCUT2D eigenvalue weighted by molar-refractivity contribution is 5.90. The number of urea groups is 1. The molecular formula is C21H25FN2O. The Morgan fingerprint density at radius 1 is 1.12 bits per heavy atom. The smallest absolute Gasteiger partial charge is 0.317 e. The first-order valence-corrected chi connectivity index (χ1v) is 8.95. The molecule has 1 heterocycles. The van der Waals surface area contributed by atoms with Gasteiger partial charge in [-0.25, -0.2) is 9.18 Å². The largest absolute Gasteiger partial charge is 0.322 e. The summed E-state index contributed by atoms with van der Waals surface area (Å²) < 4.78 is 13.7. The van der Waals surface area contributed by atoms with Crippen LogP contribution >= 0.6 is 0 Å². The minimum atomic E-state index is -0.253. The van der Waals surface area contributed by atoms with Gasteiger partial charge in [-0.05, 0) is 61.6 Å². The van der Waals surface area contributed by atoms with Crippen LogP contribution in [0, 0.1) is 19.7 Å². The van der Waals surface area contributed by atoms with E-state index in [1.807, 2.05) is 43.0 Å². The topological polar surface area (TPSA) is 32.3 Å². The quantitative estimate of drug-likeness (QED) is 0.759. The molecule has 0 spiro atoms. The molecule has 25 heavy (non-hydrogen) atoms. The van der Waals surface area contributed by atoms with Crippen LogP contribution in [0.4, 0.5) is 14.9 Å². The van der Waals surface area contributed by atoms with Crippen molar-refractivity contribution in [2.75, 3.05) is 11.9 Å². The standard InChI is InChI=1S/C21H25FN2O/c1-15-10-11-16(2)19(13-15)23-21(25)24-12-5-3-4-9-20(24)17-7-6-8-18(22)14-17/h6-8,10-11,13-14,20H,3-5,9,12H2,1-2H3,(H,23,25)/t20-/m1/s1. The molecular weight excluding hydrogens is 315 g/mol. The van der Waals surface area contributed by atoms with Gasteiger partial charge in [0.05, 0.1) is 6.04 Å². The number of hydrogen-bond donors (Lipinski definition) is 1.